The number of nitrogens with one attached hydrogen (secondary N) is 1. The Labute approximate surface area is 197 Å². The normalized spacial score (nSPS) is 13.8. The maximum absolute atomic E-state index is 13.1. The summed E-state index contributed by atoms with van der Waals surface area (Å²) in [7, 11) is 1.68. The molecule has 1 fully saturated rings. The zero-order valence-corrected chi connectivity index (χ0v) is 19.3. The highest BCUT2D eigenvalue weighted by atomic mass is 32.1. The van der Waals surface area contributed by atoms with Crippen molar-refractivity contribution in [3.63, 3.8) is 0 Å². The van der Waals surface area contributed by atoms with Crippen LogP contribution in [-0.4, -0.2) is 44.2 Å². The second-order valence-electron chi connectivity index (χ2n) is 7.98. The van der Waals surface area contributed by atoms with E-state index in [9.17, 15) is 4.79 Å². The number of benzene rings is 2. The average molecular weight is 459 g/mol. The number of para-hydroxylation sites is 1. The maximum Gasteiger partial charge on any atom is 0.252 e. The van der Waals surface area contributed by atoms with Crippen molar-refractivity contribution in [2.75, 3.05) is 43.1 Å². The van der Waals surface area contributed by atoms with Gasteiger partial charge in [-0.15, -0.1) is 11.3 Å². The van der Waals surface area contributed by atoms with Crippen LogP contribution in [0, 0.1) is 0 Å². The maximum atomic E-state index is 13.1. The quantitative estimate of drug-likeness (QED) is 0.459. The van der Waals surface area contributed by atoms with Crippen LogP contribution in [0.4, 0.5) is 11.5 Å². The highest BCUT2D eigenvalue weighted by molar-refractivity contribution is 7.09. The molecule has 1 amide bonds. The zero-order chi connectivity index (χ0) is 22.6. The molecule has 168 valence electrons. The van der Waals surface area contributed by atoms with E-state index in [4.69, 9.17) is 9.72 Å². The minimum Gasteiger partial charge on any atom is -0.497 e. The molecule has 0 spiro atoms. The third kappa shape index (κ3) is 4.64. The van der Waals surface area contributed by atoms with E-state index in [1.165, 1.54) is 5.69 Å². The Morgan fingerprint density at radius 2 is 1.76 bits per heavy atom. The topological polar surface area (TPSA) is 57.7 Å². The van der Waals surface area contributed by atoms with E-state index in [0.717, 1.165) is 53.5 Å². The summed E-state index contributed by atoms with van der Waals surface area (Å²) in [5, 5.41) is 5.97. The molecule has 7 heteroatoms. The van der Waals surface area contributed by atoms with Gasteiger partial charge in [-0.05, 0) is 47.8 Å². The van der Waals surface area contributed by atoms with Gasteiger partial charge in [-0.25, -0.2) is 4.98 Å². The summed E-state index contributed by atoms with van der Waals surface area (Å²) in [6, 6.07) is 22.0. The molecule has 0 saturated carbocycles. The number of thiophene rings is 1. The molecular formula is C26H26N4O2S. The highest BCUT2D eigenvalue weighted by Gasteiger charge is 2.21. The van der Waals surface area contributed by atoms with Crippen molar-refractivity contribution in [1.82, 2.24) is 10.3 Å². The Balaban J connectivity index is 1.34. The number of piperazine rings is 1. The number of fused-ring (bicyclic) bond motifs is 1. The first-order valence-electron chi connectivity index (χ1n) is 11.1. The molecule has 1 aliphatic rings. The number of carbonyl (C=O) groups excluding carboxylic acids is 1. The van der Waals surface area contributed by atoms with Crippen LogP contribution in [0.2, 0.25) is 0 Å². The van der Waals surface area contributed by atoms with Gasteiger partial charge in [-0.2, -0.15) is 0 Å². The van der Waals surface area contributed by atoms with Crippen molar-refractivity contribution in [2.45, 2.75) is 6.54 Å². The lowest BCUT2D eigenvalue weighted by Gasteiger charge is -2.37. The molecule has 2 aromatic heterocycles. The van der Waals surface area contributed by atoms with Crippen molar-refractivity contribution >= 4 is 39.7 Å². The highest BCUT2D eigenvalue weighted by Crippen LogP contribution is 2.26. The van der Waals surface area contributed by atoms with E-state index >= 15 is 0 Å². The van der Waals surface area contributed by atoms with Gasteiger partial charge >= 0.3 is 0 Å². The summed E-state index contributed by atoms with van der Waals surface area (Å²) in [6.07, 6.45) is 0. The van der Waals surface area contributed by atoms with Gasteiger partial charge < -0.3 is 19.9 Å². The standard InChI is InChI=1S/C26H26N4O2S/c1-32-20-10-8-19(9-11-20)29-12-14-30(15-13-29)25-17-23(22-6-2-3-7-24(22)28-25)26(31)27-18-21-5-4-16-33-21/h2-11,16-17H,12-15,18H2,1H3,(H,27,31). The second-order valence-corrected chi connectivity index (χ2v) is 9.01. The monoisotopic (exact) mass is 458 g/mol. The third-order valence-corrected chi connectivity index (χ3v) is 6.87. The first-order chi connectivity index (χ1) is 16.2. The number of hydrogen-bond donors (Lipinski definition) is 1. The van der Waals surface area contributed by atoms with Crippen molar-refractivity contribution in [2.24, 2.45) is 0 Å². The van der Waals surface area contributed by atoms with Crippen LogP contribution in [0.25, 0.3) is 10.9 Å². The number of anilines is 2. The molecule has 33 heavy (non-hydrogen) atoms. The summed E-state index contributed by atoms with van der Waals surface area (Å²) >= 11 is 1.64. The van der Waals surface area contributed by atoms with Gasteiger partial charge in [0.15, 0.2) is 0 Å². The van der Waals surface area contributed by atoms with Crippen molar-refractivity contribution in [1.29, 1.82) is 0 Å². The van der Waals surface area contributed by atoms with Crippen molar-refractivity contribution in [3.05, 3.63) is 82.6 Å². The number of hydrogen-bond acceptors (Lipinski definition) is 6. The Kier molecular flexibility index (Phi) is 6.13. The van der Waals surface area contributed by atoms with E-state index in [2.05, 4.69) is 27.2 Å². The molecule has 0 unspecified atom stereocenters. The van der Waals surface area contributed by atoms with Gasteiger partial charge in [0.05, 0.1) is 24.7 Å². The van der Waals surface area contributed by atoms with Crippen LogP contribution >= 0.6 is 11.3 Å². The molecule has 0 bridgehead atoms. The Bertz CT molecular complexity index is 1230. The zero-order valence-electron chi connectivity index (χ0n) is 18.5. The summed E-state index contributed by atoms with van der Waals surface area (Å²) in [4.78, 5) is 23.8. The van der Waals surface area contributed by atoms with Gasteiger partial charge in [0.1, 0.15) is 11.6 Å². The van der Waals surface area contributed by atoms with Gasteiger partial charge in [-0.1, -0.05) is 24.3 Å². The molecule has 1 N–H and O–H groups in total. The van der Waals surface area contributed by atoms with Crippen molar-refractivity contribution in [3.8, 4) is 5.75 Å². The van der Waals surface area contributed by atoms with E-state index in [1.807, 2.05) is 60.0 Å². The average Bonchev–Trinajstić information content (AvgIpc) is 3.40. The van der Waals surface area contributed by atoms with Crippen LogP contribution in [0.5, 0.6) is 5.75 Å². The molecule has 4 aromatic rings. The number of pyridine rings is 1. The fourth-order valence-electron chi connectivity index (χ4n) is 4.17. The van der Waals surface area contributed by atoms with Crippen molar-refractivity contribution < 1.29 is 9.53 Å². The van der Waals surface area contributed by atoms with E-state index in [1.54, 1.807) is 18.4 Å². The van der Waals surface area contributed by atoms with E-state index in [0.29, 0.717) is 12.1 Å². The number of amides is 1. The first-order valence-corrected chi connectivity index (χ1v) is 11.9. The molecule has 0 aliphatic carbocycles. The smallest absolute Gasteiger partial charge is 0.252 e. The molecule has 1 saturated heterocycles. The molecule has 3 heterocycles. The summed E-state index contributed by atoms with van der Waals surface area (Å²) in [5.41, 5.74) is 2.70. The Hall–Kier alpha value is -3.58. The molecule has 1 aliphatic heterocycles. The van der Waals surface area contributed by atoms with Gasteiger partial charge in [0.2, 0.25) is 0 Å². The number of carbonyl (C=O) groups is 1. The lowest BCUT2D eigenvalue weighted by atomic mass is 10.1. The minimum atomic E-state index is -0.0693. The van der Waals surface area contributed by atoms with Crippen LogP contribution in [0.1, 0.15) is 15.2 Å². The van der Waals surface area contributed by atoms with Gasteiger partial charge in [-0.3, -0.25) is 4.79 Å². The van der Waals surface area contributed by atoms with Crippen LogP contribution in [0.15, 0.2) is 72.1 Å². The summed E-state index contributed by atoms with van der Waals surface area (Å²) in [6.45, 7) is 3.99. The number of nitrogens with zero attached hydrogens (tertiary/aromatic N) is 3. The predicted molar refractivity (Wildman–Crippen MR) is 135 cm³/mol. The van der Waals surface area contributed by atoms with Gasteiger partial charge in [0.25, 0.3) is 5.91 Å². The molecule has 0 atom stereocenters. The molecule has 0 radical (unpaired) electrons. The summed E-state index contributed by atoms with van der Waals surface area (Å²) in [5.74, 6) is 1.65. The lowest BCUT2D eigenvalue weighted by Crippen LogP contribution is -2.46. The Morgan fingerprint density at radius 1 is 1.00 bits per heavy atom. The SMILES string of the molecule is COc1ccc(N2CCN(c3cc(C(=O)NCc4cccs4)c4ccccc4n3)CC2)cc1. The number of rotatable bonds is 6. The predicted octanol–water partition coefficient (Wildman–Crippen LogP) is 4.56. The minimum absolute atomic E-state index is 0.0693. The molecule has 6 nitrogen and oxygen atoms in total. The third-order valence-electron chi connectivity index (χ3n) is 5.99. The first kappa shape index (κ1) is 21.3. The van der Waals surface area contributed by atoms with E-state index < -0.39 is 0 Å². The number of ether oxygens (including phenoxy) is 1. The molecule has 5 rings (SSSR count). The number of methoxy groups -OCH3 is 1. The Morgan fingerprint density at radius 3 is 2.48 bits per heavy atom. The van der Waals surface area contributed by atoms with Crippen LogP contribution < -0.4 is 19.9 Å². The van der Waals surface area contributed by atoms with E-state index in [-0.39, 0.29) is 5.91 Å². The molecular weight excluding hydrogens is 432 g/mol. The van der Waals surface area contributed by atoms with Crippen LogP contribution in [-0.2, 0) is 6.54 Å². The fourth-order valence-corrected chi connectivity index (χ4v) is 4.82. The van der Waals surface area contributed by atoms with Gasteiger partial charge in [0, 0.05) is 42.1 Å². The largest absolute Gasteiger partial charge is 0.497 e. The summed E-state index contributed by atoms with van der Waals surface area (Å²) < 4.78 is 5.27. The van der Waals surface area contributed by atoms with Crippen LogP contribution in [0.3, 0.4) is 0 Å². The number of aromatic nitrogens is 1. The lowest BCUT2D eigenvalue weighted by molar-refractivity contribution is 0.0953. The fraction of sp³-hybridized carbons (Fsp3) is 0.231. The molecule has 2 aromatic carbocycles. The second kappa shape index (κ2) is 9.50.